The van der Waals surface area contributed by atoms with E-state index in [9.17, 15) is 9.90 Å². The molecule has 0 aliphatic heterocycles. The van der Waals surface area contributed by atoms with Gasteiger partial charge in [-0.3, -0.25) is 0 Å². The number of carboxylic acid groups (broad SMARTS) is 1. The highest BCUT2D eigenvalue weighted by atomic mass is 16.5. The average molecular weight is 421 g/mol. The van der Waals surface area contributed by atoms with Crippen molar-refractivity contribution in [2.75, 3.05) is 19.8 Å². The summed E-state index contributed by atoms with van der Waals surface area (Å²) in [5, 5.41) is 13.6. The van der Waals surface area contributed by atoms with E-state index in [2.05, 4.69) is 12.0 Å². The van der Waals surface area contributed by atoms with Crippen molar-refractivity contribution in [3.63, 3.8) is 0 Å². The summed E-state index contributed by atoms with van der Waals surface area (Å²) in [6.45, 7) is 5.59. The number of carbonyl (C=O) groups is 1. The van der Waals surface area contributed by atoms with Gasteiger partial charge in [0.1, 0.15) is 12.4 Å². The van der Waals surface area contributed by atoms with Gasteiger partial charge in [0.2, 0.25) is 0 Å². The highest BCUT2D eigenvalue weighted by Crippen LogP contribution is 2.27. The second-order valence-electron chi connectivity index (χ2n) is 7.20. The molecule has 0 saturated carbocycles. The predicted octanol–water partition coefficient (Wildman–Crippen LogP) is 5.22. The number of carboxylic acids is 1. The van der Waals surface area contributed by atoms with E-state index in [1.807, 2.05) is 54.7 Å². The molecule has 0 fully saturated rings. The zero-order valence-electron chi connectivity index (χ0n) is 18.0. The first-order valence-electron chi connectivity index (χ1n) is 10.4. The number of benzene rings is 2. The monoisotopic (exact) mass is 420 g/mol. The Morgan fingerprint density at radius 2 is 1.87 bits per heavy atom. The molecule has 3 rings (SSSR count). The van der Waals surface area contributed by atoms with Gasteiger partial charge in [0.15, 0.2) is 0 Å². The fourth-order valence-electron chi connectivity index (χ4n) is 3.08. The lowest BCUT2D eigenvalue weighted by atomic mass is 10.0. The average Bonchev–Trinajstić information content (AvgIpc) is 3.31. The van der Waals surface area contributed by atoms with Crippen LogP contribution in [0.3, 0.4) is 0 Å². The summed E-state index contributed by atoms with van der Waals surface area (Å²) in [4.78, 5) is 11.3. The molecule has 1 N–H and O–H groups in total. The third-order valence-corrected chi connectivity index (χ3v) is 4.81. The largest absolute Gasteiger partial charge is 0.491 e. The minimum Gasteiger partial charge on any atom is -0.491 e. The van der Waals surface area contributed by atoms with Gasteiger partial charge in [-0.15, -0.1) is 0 Å². The number of unbranched alkanes of at least 4 members (excludes halogenated alkanes) is 1. The molecular weight excluding hydrogens is 392 g/mol. The van der Waals surface area contributed by atoms with Crippen LogP contribution in [0.15, 0.2) is 66.5 Å². The Labute approximate surface area is 182 Å². The third-order valence-electron chi connectivity index (χ3n) is 4.81. The van der Waals surface area contributed by atoms with Crippen LogP contribution in [0.5, 0.6) is 5.75 Å². The minimum absolute atomic E-state index is 0.260. The second-order valence-corrected chi connectivity index (χ2v) is 7.20. The van der Waals surface area contributed by atoms with Crippen LogP contribution in [0.2, 0.25) is 0 Å². The highest BCUT2D eigenvalue weighted by molar-refractivity contribution is 5.92. The van der Waals surface area contributed by atoms with Gasteiger partial charge in [-0.2, -0.15) is 5.10 Å². The van der Waals surface area contributed by atoms with Gasteiger partial charge in [-0.05, 0) is 60.9 Å². The maximum Gasteiger partial charge on any atom is 0.331 e. The van der Waals surface area contributed by atoms with Crippen molar-refractivity contribution in [3.8, 4) is 22.6 Å². The summed E-state index contributed by atoms with van der Waals surface area (Å²) in [6.07, 6.45) is 7.38. The molecule has 0 amide bonds. The number of hydrogen-bond donors (Lipinski definition) is 1. The topological polar surface area (TPSA) is 73.6 Å². The lowest BCUT2D eigenvalue weighted by Crippen LogP contribution is -2.07. The summed E-state index contributed by atoms with van der Waals surface area (Å²) in [7, 11) is 0. The van der Waals surface area contributed by atoms with Crippen molar-refractivity contribution < 1.29 is 19.4 Å². The van der Waals surface area contributed by atoms with Crippen LogP contribution in [0.25, 0.3) is 22.9 Å². The molecule has 0 saturated heterocycles. The van der Waals surface area contributed by atoms with Gasteiger partial charge in [0.25, 0.3) is 0 Å². The van der Waals surface area contributed by atoms with Crippen LogP contribution in [0.4, 0.5) is 0 Å². The third kappa shape index (κ3) is 6.30. The predicted molar refractivity (Wildman–Crippen MR) is 122 cm³/mol. The number of hydrogen-bond acceptors (Lipinski definition) is 4. The molecule has 0 atom stereocenters. The molecule has 6 heteroatoms. The molecule has 1 heterocycles. The van der Waals surface area contributed by atoms with E-state index in [1.54, 1.807) is 23.9 Å². The van der Waals surface area contributed by atoms with Crippen LogP contribution in [-0.4, -0.2) is 40.7 Å². The Morgan fingerprint density at radius 1 is 1.10 bits per heavy atom. The van der Waals surface area contributed by atoms with Gasteiger partial charge in [-0.1, -0.05) is 31.5 Å². The Morgan fingerprint density at radius 3 is 2.55 bits per heavy atom. The molecule has 31 heavy (non-hydrogen) atoms. The molecule has 0 bridgehead atoms. The Kier molecular flexibility index (Phi) is 8.01. The van der Waals surface area contributed by atoms with E-state index in [0.717, 1.165) is 47.6 Å². The fourth-order valence-corrected chi connectivity index (χ4v) is 3.08. The Balaban J connectivity index is 1.76. The molecule has 0 aliphatic carbocycles. The van der Waals surface area contributed by atoms with E-state index in [1.165, 1.54) is 0 Å². The first-order chi connectivity index (χ1) is 15.1. The molecule has 1 aromatic heterocycles. The van der Waals surface area contributed by atoms with Crippen LogP contribution in [-0.2, 0) is 9.53 Å². The summed E-state index contributed by atoms with van der Waals surface area (Å²) in [5.41, 5.74) is 3.86. The van der Waals surface area contributed by atoms with Crippen LogP contribution >= 0.6 is 0 Å². The van der Waals surface area contributed by atoms with Gasteiger partial charge >= 0.3 is 5.97 Å². The lowest BCUT2D eigenvalue weighted by Gasteiger charge is -2.11. The van der Waals surface area contributed by atoms with Crippen molar-refractivity contribution in [3.05, 3.63) is 72.1 Å². The van der Waals surface area contributed by atoms with E-state index in [-0.39, 0.29) is 5.57 Å². The highest BCUT2D eigenvalue weighted by Gasteiger charge is 2.09. The maximum atomic E-state index is 11.3. The normalized spacial score (nSPS) is 11.5. The Hall–Kier alpha value is -3.38. The van der Waals surface area contributed by atoms with E-state index in [0.29, 0.717) is 13.2 Å². The van der Waals surface area contributed by atoms with Crippen molar-refractivity contribution >= 4 is 12.0 Å². The van der Waals surface area contributed by atoms with Crippen molar-refractivity contribution in [1.29, 1.82) is 0 Å². The van der Waals surface area contributed by atoms with Gasteiger partial charge in [0.05, 0.1) is 12.3 Å². The standard InChI is InChI=1S/C25H28N2O4/c1-3-4-14-30-15-16-31-23-9-6-20(7-10-23)21-8-11-24(27-13-5-12-26-27)22(18-21)17-19(2)25(28)29/h5-13,17-18H,3-4,14-16H2,1-2H3,(H,28,29)/b19-17+. The second kappa shape index (κ2) is 11.1. The maximum absolute atomic E-state index is 11.3. The van der Waals surface area contributed by atoms with Crippen molar-refractivity contribution in [2.45, 2.75) is 26.7 Å². The SMILES string of the molecule is CCCCOCCOc1ccc(-c2ccc(-n3cccn3)c(/C=C(\C)C(=O)O)c2)cc1. The fraction of sp³-hybridized carbons (Fsp3) is 0.280. The van der Waals surface area contributed by atoms with Crippen LogP contribution in [0, 0.1) is 0 Å². The summed E-state index contributed by atoms with van der Waals surface area (Å²) < 4.78 is 13.0. The van der Waals surface area contributed by atoms with Gasteiger partial charge in [-0.25, -0.2) is 9.48 Å². The molecule has 0 spiro atoms. The molecule has 0 unspecified atom stereocenters. The minimum atomic E-state index is -0.947. The number of aromatic nitrogens is 2. The van der Waals surface area contributed by atoms with E-state index < -0.39 is 5.97 Å². The van der Waals surface area contributed by atoms with Gasteiger partial charge < -0.3 is 14.6 Å². The summed E-state index contributed by atoms with van der Waals surface area (Å²) >= 11 is 0. The van der Waals surface area contributed by atoms with Crippen LogP contribution < -0.4 is 4.74 Å². The lowest BCUT2D eigenvalue weighted by molar-refractivity contribution is -0.132. The van der Waals surface area contributed by atoms with E-state index >= 15 is 0 Å². The molecule has 3 aromatic rings. The van der Waals surface area contributed by atoms with Crippen molar-refractivity contribution in [2.24, 2.45) is 0 Å². The number of nitrogens with zero attached hydrogens (tertiary/aromatic N) is 2. The molecular formula is C25H28N2O4. The van der Waals surface area contributed by atoms with Gasteiger partial charge in [0, 0.05) is 30.1 Å². The quantitative estimate of drug-likeness (QED) is 0.340. The molecule has 162 valence electrons. The number of aliphatic carboxylic acids is 1. The first kappa shape index (κ1) is 22.3. The molecule has 2 aromatic carbocycles. The number of rotatable bonds is 11. The zero-order chi connectivity index (χ0) is 22.1. The smallest absolute Gasteiger partial charge is 0.331 e. The number of ether oxygens (including phenoxy) is 2. The Bertz CT molecular complexity index is 1010. The molecule has 0 aliphatic rings. The summed E-state index contributed by atoms with van der Waals surface area (Å²) in [5.74, 6) is -0.158. The molecule has 0 radical (unpaired) electrons. The van der Waals surface area contributed by atoms with E-state index in [4.69, 9.17) is 9.47 Å². The van der Waals surface area contributed by atoms with Crippen LogP contribution in [0.1, 0.15) is 32.3 Å². The summed E-state index contributed by atoms with van der Waals surface area (Å²) in [6, 6.07) is 15.6. The van der Waals surface area contributed by atoms with Crippen molar-refractivity contribution in [1.82, 2.24) is 9.78 Å². The molecule has 6 nitrogen and oxygen atoms in total. The first-order valence-corrected chi connectivity index (χ1v) is 10.4. The zero-order valence-corrected chi connectivity index (χ0v) is 18.0.